The number of carbonyl (C=O) groups excluding carboxylic acids is 1. The van der Waals surface area contributed by atoms with Crippen LogP contribution in [0.15, 0.2) is 71.6 Å². The molecule has 2 N–H and O–H groups in total. The number of aromatic nitrogens is 2. The molecule has 1 amide bonds. The number of benzene rings is 3. The highest BCUT2D eigenvalue weighted by Crippen LogP contribution is 2.33. The lowest BCUT2D eigenvalue weighted by atomic mass is 10.2. The third-order valence-electron chi connectivity index (χ3n) is 6.16. The van der Waals surface area contributed by atoms with Crippen LogP contribution in [-0.4, -0.2) is 44.5 Å². The molecule has 1 aliphatic heterocycles. The lowest BCUT2D eigenvalue weighted by Gasteiger charge is -2.20. The van der Waals surface area contributed by atoms with Crippen LogP contribution in [0.1, 0.15) is 28.2 Å². The summed E-state index contributed by atoms with van der Waals surface area (Å²) < 4.78 is 33.6. The lowest BCUT2D eigenvalue weighted by Crippen LogP contribution is -2.30. The number of nitrogens with zero attached hydrogens (tertiary/aromatic N) is 2. The lowest BCUT2D eigenvalue weighted by molar-refractivity contribution is 0.0950. The Morgan fingerprint density at radius 3 is 2.74 bits per heavy atom. The van der Waals surface area contributed by atoms with Crippen LogP contribution in [0.2, 0.25) is 0 Å². The molecule has 1 aromatic heterocycles. The van der Waals surface area contributed by atoms with E-state index < -0.39 is 10.0 Å². The van der Waals surface area contributed by atoms with E-state index in [1.54, 1.807) is 6.07 Å². The highest BCUT2D eigenvalue weighted by molar-refractivity contribution is 7.92. The minimum absolute atomic E-state index is 0.0578. The highest BCUT2D eigenvalue weighted by Gasteiger charge is 2.31. The molecule has 0 unspecified atom stereocenters. The Morgan fingerprint density at radius 1 is 1.11 bits per heavy atom. The average Bonchev–Trinajstić information content (AvgIpc) is 3.50. The first-order chi connectivity index (χ1) is 17.0. The summed E-state index contributed by atoms with van der Waals surface area (Å²) in [5.74, 6) is 0.794. The van der Waals surface area contributed by atoms with Crippen molar-refractivity contribution in [2.24, 2.45) is 0 Å². The van der Waals surface area contributed by atoms with Crippen molar-refractivity contribution in [3.05, 3.63) is 83.7 Å². The number of carbonyl (C=O) groups is 1. The normalized spacial score (nSPS) is 13.1. The van der Waals surface area contributed by atoms with Crippen LogP contribution in [0.25, 0.3) is 11.0 Å². The molecule has 0 fully saturated rings. The molecular weight excluding hydrogens is 464 g/mol. The Kier molecular flexibility index (Phi) is 6.17. The van der Waals surface area contributed by atoms with Gasteiger partial charge in [0.2, 0.25) is 0 Å². The zero-order valence-corrected chi connectivity index (χ0v) is 20.1. The first-order valence-corrected chi connectivity index (χ1v) is 12.9. The predicted octanol–water partition coefficient (Wildman–Crippen LogP) is 3.69. The average molecular weight is 491 g/mol. The van der Waals surface area contributed by atoms with E-state index in [1.165, 1.54) is 29.6 Å². The van der Waals surface area contributed by atoms with Crippen molar-refractivity contribution in [2.75, 3.05) is 24.5 Å². The molecule has 1 aliphatic rings. The van der Waals surface area contributed by atoms with Crippen molar-refractivity contribution in [1.29, 1.82) is 0 Å². The zero-order valence-electron chi connectivity index (χ0n) is 19.3. The largest absolute Gasteiger partial charge is 0.496 e. The van der Waals surface area contributed by atoms with E-state index in [0.29, 0.717) is 43.8 Å². The second-order valence-corrected chi connectivity index (χ2v) is 10.2. The molecule has 5 rings (SSSR count). The number of aryl methyl sites for hydroxylation is 1. The van der Waals surface area contributed by atoms with Crippen LogP contribution in [-0.2, 0) is 22.9 Å². The predicted molar refractivity (Wildman–Crippen MR) is 134 cm³/mol. The van der Waals surface area contributed by atoms with Gasteiger partial charge in [0.05, 0.1) is 34.3 Å². The fraction of sp³-hybridized carbons (Fsp3) is 0.231. The number of anilines is 1. The molecule has 3 aromatic carbocycles. The molecule has 0 spiro atoms. The number of aromatic amines is 1. The molecule has 4 aromatic rings. The topological polar surface area (TPSA) is 104 Å². The summed E-state index contributed by atoms with van der Waals surface area (Å²) in [6.07, 6.45) is 2.01. The van der Waals surface area contributed by atoms with E-state index in [4.69, 9.17) is 4.74 Å². The molecule has 2 heterocycles. The second kappa shape index (κ2) is 9.42. The number of ether oxygens (including phenoxy) is 1. The Labute approximate surface area is 204 Å². The molecule has 0 radical (unpaired) electrons. The third-order valence-corrected chi connectivity index (χ3v) is 7.97. The highest BCUT2D eigenvalue weighted by atomic mass is 32.2. The van der Waals surface area contributed by atoms with E-state index in [0.717, 1.165) is 22.4 Å². The second-order valence-electron chi connectivity index (χ2n) is 8.38. The number of hydrogen-bond donors (Lipinski definition) is 2. The van der Waals surface area contributed by atoms with E-state index >= 15 is 0 Å². The van der Waals surface area contributed by atoms with Crippen LogP contribution in [0.3, 0.4) is 0 Å². The molecule has 180 valence electrons. The Bertz CT molecular complexity index is 1460. The van der Waals surface area contributed by atoms with Crippen LogP contribution < -0.4 is 14.4 Å². The van der Waals surface area contributed by atoms with Crippen molar-refractivity contribution >= 4 is 32.7 Å². The molecule has 0 atom stereocenters. The Balaban J connectivity index is 1.29. The monoisotopic (exact) mass is 490 g/mol. The summed E-state index contributed by atoms with van der Waals surface area (Å²) in [5.41, 5.74) is 3.75. The number of methoxy groups -OCH3 is 1. The summed E-state index contributed by atoms with van der Waals surface area (Å²) in [4.78, 5) is 20.8. The van der Waals surface area contributed by atoms with Gasteiger partial charge in [0, 0.05) is 19.5 Å². The van der Waals surface area contributed by atoms with Crippen LogP contribution in [0, 0.1) is 0 Å². The van der Waals surface area contributed by atoms with Gasteiger partial charge in [0.25, 0.3) is 15.9 Å². The maximum absolute atomic E-state index is 13.4. The molecule has 0 saturated carbocycles. The van der Waals surface area contributed by atoms with Crippen LogP contribution in [0.5, 0.6) is 5.75 Å². The smallest absolute Gasteiger partial charge is 0.264 e. The number of nitrogens with one attached hydrogen (secondary N) is 2. The van der Waals surface area contributed by atoms with Crippen molar-refractivity contribution in [3.63, 3.8) is 0 Å². The summed E-state index contributed by atoms with van der Waals surface area (Å²) in [7, 11) is -2.36. The zero-order chi connectivity index (χ0) is 24.4. The van der Waals surface area contributed by atoms with Gasteiger partial charge in [-0.25, -0.2) is 13.4 Å². The number of rotatable bonds is 8. The quantitative estimate of drug-likeness (QED) is 0.367. The van der Waals surface area contributed by atoms with Gasteiger partial charge >= 0.3 is 0 Å². The molecule has 0 bridgehead atoms. The van der Waals surface area contributed by atoms with E-state index in [1.807, 2.05) is 42.5 Å². The SMILES string of the molecule is COc1ccc(S(=O)(=O)N2CCc3ccccc32)cc1C(=O)NCCCc1nc2ccccc2[nH]1. The number of imidazole rings is 1. The van der Waals surface area contributed by atoms with E-state index in [-0.39, 0.29) is 16.4 Å². The van der Waals surface area contributed by atoms with Gasteiger partial charge < -0.3 is 15.0 Å². The number of hydrogen-bond acceptors (Lipinski definition) is 5. The summed E-state index contributed by atoms with van der Waals surface area (Å²) in [5, 5.41) is 2.87. The number of para-hydroxylation sites is 3. The molecule has 0 saturated heterocycles. The van der Waals surface area contributed by atoms with Crippen molar-refractivity contribution in [2.45, 2.75) is 24.2 Å². The molecule has 35 heavy (non-hydrogen) atoms. The first kappa shape index (κ1) is 22.9. The van der Waals surface area contributed by atoms with Gasteiger partial charge in [0.1, 0.15) is 11.6 Å². The standard InChI is InChI=1S/C26H26N4O4S/c1-34-24-13-12-19(35(32,33)30-16-14-18-7-2-5-10-23(18)30)17-20(24)26(31)27-15-6-11-25-28-21-8-3-4-9-22(21)29-25/h2-5,7-10,12-13,17H,6,11,14-16H2,1H3,(H,27,31)(H,28,29). The molecule has 0 aliphatic carbocycles. The first-order valence-electron chi connectivity index (χ1n) is 11.5. The van der Waals surface area contributed by atoms with Crippen LogP contribution >= 0.6 is 0 Å². The number of H-pyrrole nitrogens is 1. The van der Waals surface area contributed by atoms with Crippen molar-refractivity contribution in [1.82, 2.24) is 15.3 Å². The van der Waals surface area contributed by atoms with Crippen LogP contribution in [0.4, 0.5) is 5.69 Å². The third kappa shape index (κ3) is 4.46. The van der Waals surface area contributed by atoms with Crippen molar-refractivity contribution < 1.29 is 17.9 Å². The minimum Gasteiger partial charge on any atom is -0.496 e. The maximum Gasteiger partial charge on any atom is 0.264 e. The minimum atomic E-state index is -3.82. The summed E-state index contributed by atoms with van der Waals surface area (Å²) in [6, 6.07) is 19.7. The molecule has 9 heteroatoms. The fourth-order valence-corrected chi connectivity index (χ4v) is 5.92. The van der Waals surface area contributed by atoms with Gasteiger partial charge in [-0.05, 0) is 54.8 Å². The maximum atomic E-state index is 13.4. The van der Waals surface area contributed by atoms with Gasteiger partial charge in [-0.15, -0.1) is 0 Å². The molecule has 8 nitrogen and oxygen atoms in total. The summed E-state index contributed by atoms with van der Waals surface area (Å²) in [6.45, 7) is 0.784. The number of fused-ring (bicyclic) bond motifs is 2. The number of sulfonamides is 1. The summed E-state index contributed by atoms with van der Waals surface area (Å²) >= 11 is 0. The van der Waals surface area contributed by atoms with Gasteiger partial charge in [-0.3, -0.25) is 9.10 Å². The Hall–Kier alpha value is -3.85. The van der Waals surface area contributed by atoms with E-state index in [2.05, 4.69) is 15.3 Å². The van der Waals surface area contributed by atoms with Gasteiger partial charge in [0.15, 0.2) is 0 Å². The van der Waals surface area contributed by atoms with E-state index in [9.17, 15) is 13.2 Å². The number of amides is 1. The van der Waals surface area contributed by atoms with Gasteiger partial charge in [-0.1, -0.05) is 30.3 Å². The molecular formula is C26H26N4O4S. The fourth-order valence-electron chi connectivity index (χ4n) is 4.39. The van der Waals surface area contributed by atoms with Crippen molar-refractivity contribution in [3.8, 4) is 5.75 Å². The Morgan fingerprint density at radius 2 is 1.91 bits per heavy atom. The van der Waals surface area contributed by atoms with Gasteiger partial charge in [-0.2, -0.15) is 0 Å².